The molecule has 4 heteroatoms. The van der Waals surface area contributed by atoms with Gasteiger partial charge in [-0.15, -0.1) is 0 Å². The summed E-state index contributed by atoms with van der Waals surface area (Å²) in [5, 5.41) is 6.22. The average molecular weight is 262 g/mol. The lowest BCUT2D eigenvalue weighted by atomic mass is 10.0. The van der Waals surface area contributed by atoms with Gasteiger partial charge in [0.25, 0.3) is 5.91 Å². The largest absolute Gasteiger partial charge is 0.385 e. The Bertz CT molecular complexity index is 414. The second-order valence-corrected chi connectivity index (χ2v) is 4.87. The van der Waals surface area contributed by atoms with Crippen LogP contribution in [-0.4, -0.2) is 32.2 Å². The van der Waals surface area contributed by atoms with Crippen molar-refractivity contribution in [2.45, 2.75) is 19.8 Å². The number of anilines is 1. The molecular weight excluding hydrogens is 240 g/mol. The number of nitrogens with one attached hydrogen (secondary N) is 2. The van der Waals surface area contributed by atoms with E-state index in [1.807, 2.05) is 31.2 Å². The van der Waals surface area contributed by atoms with E-state index in [9.17, 15) is 4.79 Å². The van der Waals surface area contributed by atoms with E-state index in [0.29, 0.717) is 18.0 Å². The molecule has 1 aliphatic heterocycles. The Morgan fingerprint density at radius 2 is 2.26 bits per heavy atom. The molecule has 0 spiro atoms. The first-order valence-electron chi connectivity index (χ1n) is 7.00. The second kappa shape index (κ2) is 7.14. The van der Waals surface area contributed by atoms with Crippen LogP contribution in [0.4, 0.5) is 5.69 Å². The molecule has 1 aromatic carbocycles. The van der Waals surface area contributed by atoms with Gasteiger partial charge in [-0.1, -0.05) is 12.1 Å². The smallest absolute Gasteiger partial charge is 0.253 e. The van der Waals surface area contributed by atoms with Gasteiger partial charge in [0, 0.05) is 25.4 Å². The first-order chi connectivity index (χ1) is 9.31. The third kappa shape index (κ3) is 3.96. The molecule has 1 atom stereocenters. The number of ether oxygens (including phenoxy) is 1. The van der Waals surface area contributed by atoms with Crippen LogP contribution >= 0.6 is 0 Å². The van der Waals surface area contributed by atoms with Gasteiger partial charge in [-0.2, -0.15) is 0 Å². The van der Waals surface area contributed by atoms with Gasteiger partial charge in [-0.05, 0) is 37.8 Å². The average Bonchev–Trinajstić information content (AvgIpc) is 2.47. The Morgan fingerprint density at radius 3 is 3.00 bits per heavy atom. The van der Waals surface area contributed by atoms with E-state index in [0.717, 1.165) is 38.3 Å². The lowest BCUT2D eigenvalue weighted by Crippen LogP contribution is -2.33. The monoisotopic (exact) mass is 262 g/mol. The topological polar surface area (TPSA) is 50.4 Å². The van der Waals surface area contributed by atoms with Crippen LogP contribution in [0.2, 0.25) is 0 Å². The third-order valence-corrected chi connectivity index (χ3v) is 3.34. The van der Waals surface area contributed by atoms with E-state index in [2.05, 4.69) is 10.6 Å². The lowest BCUT2D eigenvalue weighted by molar-refractivity contribution is 0.0536. The first-order valence-corrected chi connectivity index (χ1v) is 7.00. The molecule has 104 valence electrons. The van der Waals surface area contributed by atoms with Gasteiger partial charge >= 0.3 is 0 Å². The number of rotatable bonds is 5. The minimum atomic E-state index is -0.0119. The molecule has 1 unspecified atom stereocenters. The number of carbonyl (C=O) groups is 1. The summed E-state index contributed by atoms with van der Waals surface area (Å²) in [5.41, 5.74) is 1.60. The van der Waals surface area contributed by atoms with E-state index in [1.165, 1.54) is 0 Å². The molecule has 1 heterocycles. The minimum absolute atomic E-state index is 0.0119. The van der Waals surface area contributed by atoms with E-state index in [4.69, 9.17) is 4.74 Å². The maximum absolute atomic E-state index is 12.2. The highest BCUT2D eigenvalue weighted by atomic mass is 16.5. The summed E-state index contributed by atoms with van der Waals surface area (Å²) in [4.78, 5) is 12.2. The first kappa shape index (κ1) is 13.9. The normalized spacial score (nSPS) is 18.9. The minimum Gasteiger partial charge on any atom is -0.385 e. The number of carbonyl (C=O) groups excluding carboxylic acids is 1. The molecule has 1 aromatic rings. The maximum Gasteiger partial charge on any atom is 0.253 e. The summed E-state index contributed by atoms with van der Waals surface area (Å²) >= 11 is 0. The molecule has 1 amide bonds. The molecule has 1 aliphatic rings. The van der Waals surface area contributed by atoms with Crippen molar-refractivity contribution >= 4 is 11.6 Å². The van der Waals surface area contributed by atoms with Crippen LogP contribution in [-0.2, 0) is 4.74 Å². The van der Waals surface area contributed by atoms with Crippen molar-refractivity contribution in [3.63, 3.8) is 0 Å². The Labute approximate surface area is 114 Å². The summed E-state index contributed by atoms with van der Waals surface area (Å²) < 4.78 is 5.42. The molecule has 2 rings (SSSR count). The number of para-hydroxylation sites is 1. The molecule has 0 saturated carbocycles. The van der Waals surface area contributed by atoms with Crippen molar-refractivity contribution in [2.75, 3.05) is 31.6 Å². The zero-order valence-corrected chi connectivity index (χ0v) is 11.4. The van der Waals surface area contributed by atoms with E-state index < -0.39 is 0 Å². The Kier molecular flexibility index (Phi) is 5.21. The molecule has 0 aromatic heterocycles. The number of hydrogen-bond donors (Lipinski definition) is 2. The number of amides is 1. The summed E-state index contributed by atoms with van der Waals surface area (Å²) in [7, 11) is 0. The quantitative estimate of drug-likeness (QED) is 0.856. The maximum atomic E-state index is 12.2. The number of benzene rings is 1. The van der Waals surface area contributed by atoms with Crippen LogP contribution in [0.15, 0.2) is 24.3 Å². The van der Waals surface area contributed by atoms with Gasteiger partial charge in [0.2, 0.25) is 0 Å². The van der Waals surface area contributed by atoms with Crippen LogP contribution < -0.4 is 10.6 Å². The molecule has 4 nitrogen and oxygen atoms in total. The van der Waals surface area contributed by atoms with Gasteiger partial charge in [-0.3, -0.25) is 4.79 Å². The molecule has 2 N–H and O–H groups in total. The van der Waals surface area contributed by atoms with Crippen LogP contribution in [0, 0.1) is 5.92 Å². The van der Waals surface area contributed by atoms with Crippen molar-refractivity contribution in [2.24, 2.45) is 5.92 Å². The van der Waals surface area contributed by atoms with E-state index in [-0.39, 0.29) is 5.91 Å². The summed E-state index contributed by atoms with van der Waals surface area (Å²) in [6.45, 7) is 5.14. The van der Waals surface area contributed by atoms with Crippen molar-refractivity contribution in [1.82, 2.24) is 5.32 Å². The molecule has 0 aliphatic carbocycles. The molecule has 19 heavy (non-hydrogen) atoms. The van der Waals surface area contributed by atoms with Gasteiger partial charge < -0.3 is 15.4 Å². The highest BCUT2D eigenvalue weighted by molar-refractivity contribution is 5.99. The fourth-order valence-corrected chi connectivity index (χ4v) is 2.33. The van der Waals surface area contributed by atoms with E-state index >= 15 is 0 Å². The van der Waals surface area contributed by atoms with Gasteiger partial charge in [0.15, 0.2) is 0 Å². The third-order valence-electron chi connectivity index (χ3n) is 3.34. The van der Waals surface area contributed by atoms with Gasteiger partial charge in [0.1, 0.15) is 0 Å². The molecule has 0 radical (unpaired) electrons. The highest BCUT2D eigenvalue weighted by Gasteiger charge is 2.16. The second-order valence-electron chi connectivity index (χ2n) is 4.87. The standard InChI is InChI=1S/C15H22N2O2/c1-2-16-14-8-4-3-7-13(14)15(18)17-10-12-6-5-9-19-11-12/h3-4,7-8,12,16H,2,5-6,9-11H2,1H3,(H,17,18). The summed E-state index contributed by atoms with van der Waals surface area (Å²) in [6.07, 6.45) is 2.23. The summed E-state index contributed by atoms with van der Waals surface area (Å²) in [6, 6.07) is 7.61. The highest BCUT2D eigenvalue weighted by Crippen LogP contribution is 2.16. The zero-order valence-electron chi connectivity index (χ0n) is 11.4. The van der Waals surface area contributed by atoms with Crippen LogP contribution in [0.3, 0.4) is 0 Å². The van der Waals surface area contributed by atoms with Crippen molar-refractivity contribution < 1.29 is 9.53 Å². The predicted molar refractivity (Wildman–Crippen MR) is 76.5 cm³/mol. The Morgan fingerprint density at radius 1 is 1.42 bits per heavy atom. The van der Waals surface area contributed by atoms with Crippen molar-refractivity contribution in [3.05, 3.63) is 29.8 Å². The Hall–Kier alpha value is -1.55. The number of hydrogen-bond acceptors (Lipinski definition) is 3. The molecular formula is C15H22N2O2. The summed E-state index contributed by atoms with van der Waals surface area (Å²) in [5.74, 6) is 0.436. The molecule has 0 bridgehead atoms. The van der Waals surface area contributed by atoms with Gasteiger partial charge in [-0.25, -0.2) is 0 Å². The SMILES string of the molecule is CCNc1ccccc1C(=O)NCC1CCCOC1. The molecule has 1 saturated heterocycles. The van der Waals surface area contributed by atoms with Crippen LogP contribution in [0.5, 0.6) is 0 Å². The predicted octanol–water partition coefficient (Wildman–Crippen LogP) is 2.27. The lowest BCUT2D eigenvalue weighted by Gasteiger charge is -2.22. The van der Waals surface area contributed by atoms with Crippen LogP contribution in [0.1, 0.15) is 30.1 Å². The van der Waals surface area contributed by atoms with Crippen LogP contribution in [0.25, 0.3) is 0 Å². The van der Waals surface area contributed by atoms with Crippen molar-refractivity contribution in [3.8, 4) is 0 Å². The fraction of sp³-hybridized carbons (Fsp3) is 0.533. The Balaban J connectivity index is 1.91. The zero-order chi connectivity index (χ0) is 13.5. The van der Waals surface area contributed by atoms with E-state index in [1.54, 1.807) is 0 Å². The van der Waals surface area contributed by atoms with Crippen molar-refractivity contribution in [1.29, 1.82) is 0 Å². The molecule has 1 fully saturated rings. The van der Waals surface area contributed by atoms with Gasteiger partial charge in [0.05, 0.1) is 12.2 Å². The fourth-order valence-electron chi connectivity index (χ4n) is 2.33.